The van der Waals surface area contributed by atoms with Gasteiger partial charge in [0, 0.05) is 0 Å². The maximum absolute atomic E-state index is 3.35. The second kappa shape index (κ2) is 6.16. The molecular weight excluding hydrogens is 198 g/mol. The second-order valence-electron chi connectivity index (χ2n) is 4.46. The summed E-state index contributed by atoms with van der Waals surface area (Å²) < 4.78 is 0. The summed E-state index contributed by atoms with van der Waals surface area (Å²) in [6.45, 7) is 8.48. The summed E-state index contributed by atoms with van der Waals surface area (Å²) in [7, 11) is 0. The van der Waals surface area contributed by atoms with Crippen molar-refractivity contribution < 1.29 is 4.99 Å². The lowest BCUT2D eigenvalue weighted by molar-refractivity contribution is -0.495. The SMILES string of the molecule is CC(C)NC(Nc1ccccc1)=[NH+]C(C)C. The highest BCUT2D eigenvalue weighted by Gasteiger charge is 2.09. The average Bonchev–Trinajstić information content (AvgIpc) is 2.16. The highest BCUT2D eigenvalue weighted by Crippen LogP contribution is 2.03. The van der Waals surface area contributed by atoms with Gasteiger partial charge in [0.05, 0.1) is 17.8 Å². The Balaban J connectivity index is 2.71. The van der Waals surface area contributed by atoms with Crippen LogP contribution in [0.3, 0.4) is 0 Å². The number of rotatable bonds is 3. The molecule has 88 valence electrons. The van der Waals surface area contributed by atoms with Crippen LogP contribution < -0.4 is 15.6 Å². The Morgan fingerprint density at radius 1 is 1.06 bits per heavy atom. The van der Waals surface area contributed by atoms with Gasteiger partial charge in [-0.1, -0.05) is 18.2 Å². The van der Waals surface area contributed by atoms with Crippen molar-refractivity contribution in [3.63, 3.8) is 0 Å². The zero-order valence-corrected chi connectivity index (χ0v) is 10.5. The van der Waals surface area contributed by atoms with E-state index in [1.807, 2.05) is 30.3 Å². The molecule has 0 atom stereocenters. The smallest absolute Gasteiger partial charge is 0.276 e. The second-order valence-corrected chi connectivity index (χ2v) is 4.46. The molecule has 0 saturated heterocycles. The number of guanidine groups is 1. The molecular formula is C13H22N3+. The number of para-hydroxylation sites is 1. The Morgan fingerprint density at radius 2 is 1.69 bits per heavy atom. The lowest BCUT2D eigenvalue weighted by atomic mass is 10.3. The zero-order chi connectivity index (χ0) is 12.0. The number of nitrogens with one attached hydrogen (secondary N) is 3. The molecule has 0 fully saturated rings. The third kappa shape index (κ3) is 4.82. The minimum absolute atomic E-state index is 0.400. The van der Waals surface area contributed by atoms with Crippen LogP contribution in [0.15, 0.2) is 30.3 Å². The third-order valence-electron chi connectivity index (χ3n) is 1.91. The molecule has 0 bridgehead atoms. The summed E-state index contributed by atoms with van der Waals surface area (Å²) in [6.07, 6.45) is 0. The minimum atomic E-state index is 0.400. The van der Waals surface area contributed by atoms with Gasteiger partial charge in [-0.05, 0) is 39.8 Å². The molecule has 0 aliphatic rings. The first-order chi connectivity index (χ1) is 7.58. The fraction of sp³-hybridized carbons (Fsp3) is 0.462. The van der Waals surface area contributed by atoms with Crippen LogP contribution in [-0.2, 0) is 0 Å². The van der Waals surface area contributed by atoms with Gasteiger partial charge in [-0.15, -0.1) is 0 Å². The molecule has 3 N–H and O–H groups in total. The number of hydrogen-bond acceptors (Lipinski definition) is 0. The molecule has 1 rings (SSSR count). The molecule has 3 nitrogen and oxygen atoms in total. The molecule has 0 radical (unpaired) electrons. The van der Waals surface area contributed by atoms with Crippen LogP contribution in [0.1, 0.15) is 27.7 Å². The van der Waals surface area contributed by atoms with Gasteiger partial charge < -0.3 is 0 Å². The predicted octanol–water partition coefficient (Wildman–Crippen LogP) is 0.941. The van der Waals surface area contributed by atoms with E-state index < -0.39 is 0 Å². The number of benzene rings is 1. The normalized spacial score (nSPS) is 12.0. The standard InChI is InChI=1S/C13H21N3/c1-10(2)14-13(15-11(3)4)16-12-8-6-5-7-9-12/h5-11H,1-4H3,(H2,14,15,16)/p+1. The Hall–Kier alpha value is -1.51. The van der Waals surface area contributed by atoms with E-state index in [0.29, 0.717) is 12.1 Å². The van der Waals surface area contributed by atoms with E-state index in [1.54, 1.807) is 0 Å². The Bertz CT molecular complexity index is 328. The maximum atomic E-state index is 3.35. The van der Waals surface area contributed by atoms with Crippen LogP contribution in [0.5, 0.6) is 0 Å². The summed E-state index contributed by atoms with van der Waals surface area (Å²) in [5.74, 6) is 0.955. The molecule has 0 heterocycles. The summed E-state index contributed by atoms with van der Waals surface area (Å²) >= 11 is 0. The average molecular weight is 220 g/mol. The predicted molar refractivity (Wildman–Crippen MR) is 69.4 cm³/mol. The largest absolute Gasteiger partial charge is 0.348 e. The summed E-state index contributed by atoms with van der Waals surface area (Å²) in [5.41, 5.74) is 1.08. The molecule has 0 unspecified atom stereocenters. The topological polar surface area (TPSA) is 38.0 Å². The summed E-state index contributed by atoms with van der Waals surface area (Å²) in [5, 5.41) is 6.69. The van der Waals surface area contributed by atoms with Gasteiger partial charge in [-0.3, -0.25) is 10.3 Å². The van der Waals surface area contributed by atoms with Gasteiger partial charge in [0.15, 0.2) is 0 Å². The fourth-order valence-corrected chi connectivity index (χ4v) is 1.36. The van der Waals surface area contributed by atoms with Crippen molar-refractivity contribution in [2.45, 2.75) is 39.8 Å². The van der Waals surface area contributed by atoms with Crippen molar-refractivity contribution in [3.8, 4) is 0 Å². The molecule has 0 amide bonds. The van der Waals surface area contributed by atoms with Crippen LogP contribution in [-0.4, -0.2) is 18.0 Å². The highest BCUT2D eigenvalue weighted by molar-refractivity contribution is 5.89. The van der Waals surface area contributed by atoms with E-state index in [0.717, 1.165) is 11.6 Å². The van der Waals surface area contributed by atoms with Crippen molar-refractivity contribution >= 4 is 11.6 Å². The molecule has 16 heavy (non-hydrogen) atoms. The molecule has 0 saturated carbocycles. The van der Waals surface area contributed by atoms with Crippen molar-refractivity contribution in [1.29, 1.82) is 0 Å². The molecule has 1 aromatic carbocycles. The molecule has 3 heteroatoms. The van der Waals surface area contributed by atoms with E-state index in [-0.39, 0.29) is 0 Å². The first-order valence-electron chi connectivity index (χ1n) is 5.80. The van der Waals surface area contributed by atoms with E-state index in [9.17, 15) is 0 Å². The van der Waals surface area contributed by atoms with Crippen molar-refractivity contribution in [2.75, 3.05) is 5.32 Å². The van der Waals surface area contributed by atoms with Gasteiger partial charge >= 0.3 is 5.96 Å². The first kappa shape index (κ1) is 12.6. The van der Waals surface area contributed by atoms with E-state index >= 15 is 0 Å². The quantitative estimate of drug-likeness (QED) is 0.524. The van der Waals surface area contributed by atoms with Gasteiger partial charge in [0.2, 0.25) is 0 Å². The maximum Gasteiger partial charge on any atom is 0.348 e. The van der Waals surface area contributed by atoms with Crippen molar-refractivity contribution in [3.05, 3.63) is 30.3 Å². The van der Waals surface area contributed by atoms with Crippen LogP contribution in [0.2, 0.25) is 0 Å². The Kier molecular flexibility index (Phi) is 4.83. The van der Waals surface area contributed by atoms with Crippen molar-refractivity contribution in [2.24, 2.45) is 0 Å². The van der Waals surface area contributed by atoms with Crippen LogP contribution >= 0.6 is 0 Å². The molecule has 0 aromatic heterocycles. The highest BCUT2D eigenvalue weighted by atomic mass is 15.2. The lowest BCUT2D eigenvalue weighted by Gasteiger charge is -2.09. The first-order valence-corrected chi connectivity index (χ1v) is 5.80. The van der Waals surface area contributed by atoms with Crippen LogP contribution in [0.25, 0.3) is 0 Å². The minimum Gasteiger partial charge on any atom is -0.276 e. The molecule has 1 aromatic rings. The lowest BCUT2D eigenvalue weighted by Crippen LogP contribution is -2.82. The van der Waals surface area contributed by atoms with Crippen LogP contribution in [0.4, 0.5) is 5.69 Å². The molecule has 0 aliphatic heterocycles. The van der Waals surface area contributed by atoms with Crippen molar-refractivity contribution in [1.82, 2.24) is 5.32 Å². The third-order valence-corrected chi connectivity index (χ3v) is 1.91. The molecule has 0 aliphatic carbocycles. The van der Waals surface area contributed by atoms with E-state index in [1.165, 1.54) is 0 Å². The zero-order valence-electron chi connectivity index (χ0n) is 10.5. The Labute approximate surface area is 98.0 Å². The van der Waals surface area contributed by atoms with Gasteiger partial charge in [0.25, 0.3) is 0 Å². The Morgan fingerprint density at radius 3 is 2.19 bits per heavy atom. The number of anilines is 1. The molecule has 0 spiro atoms. The van der Waals surface area contributed by atoms with E-state index in [2.05, 4.69) is 43.3 Å². The summed E-state index contributed by atoms with van der Waals surface area (Å²) in [4.78, 5) is 3.35. The fourth-order valence-electron chi connectivity index (χ4n) is 1.36. The van der Waals surface area contributed by atoms with Crippen LogP contribution in [0, 0.1) is 0 Å². The monoisotopic (exact) mass is 220 g/mol. The summed E-state index contributed by atoms with van der Waals surface area (Å²) in [6, 6.07) is 10.9. The van der Waals surface area contributed by atoms with E-state index in [4.69, 9.17) is 0 Å². The van der Waals surface area contributed by atoms with Gasteiger partial charge in [0.1, 0.15) is 0 Å². The van der Waals surface area contributed by atoms with Gasteiger partial charge in [-0.2, -0.15) is 0 Å². The van der Waals surface area contributed by atoms with Gasteiger partial charge in [-0.25, -0.2) is 5.32 Å². The number of hydrogen-bond donors (Lipinski definition) is 3.